The van der Waals surface area contributed by atoms with Gasteiger partial charge in [-0.2, -0.15) is 5.10 Å². The number of carbonyl (C=O) groups excluding carboxylic acids is 1. The Morgan fingerprint density at radius 1 is 1.38 bits per heavy atom. The number of nitrogens with zero attached hydrogens (tertiary/aromatic N) is 2. The summed E-state index contributed by atoms with van der Waals surface area (Å²) in [5, 5.41) is 12.0. The summed E-state index contributed by atoms with van der Waals surface area (Å²) in [5.74, 6) is -0.263. The Hall–Kier alpha value is -1.93. The molecule has 0 radical (unpaired) electrons. The lowest BCUT2D eigenvalue weighted by molar-refractivity contribution is 0.0526. The molecule has 0 aromatic carbocycles. The Kier molecular flexibility index (Phi) is 6.26. The fraction of sp³-hybridized carbons (Fsp3) is 0.500. The van der Waals surface area contributed by atoms with Crippen LogP contribution in [0.5, 0.6) is 0 Å². The summed E-state index contributed by atoms with van der Waals surface area (Å²) in [6, 6.07) is 1.97. The van der Waals surface area contributed by atoms with Gasteiger partial charge >= 0.3 is 5.97 Å². The van der Waals surface area contributed by atoms with Crippen LogP contribution >= 0.6 is 23.6 Å². The van der Waals surface area contributed by atoms with Crippen LogP contribution in [0, 0.1) is 0 Å². The molecule has 140 valence electrons. The molecular formula is C18H24N4O2S2. The first kappa shape index (κ1) is 18.8. The van der Waals surface area contributed by atoms with Gasteiger partial charge in [0.05, 0.1) is 24.4 Å². The smallest absolute Gasteiger partial charge is 0.341 e. The van der Waals surface area contributed by atoms with Gasteiger partial charge in [-0.25, -0.2) is 4.79 Å². The second kappa shape index (κ2) is 8.64. The Morgan fingerprint density at radius 2 is 2.19 bits per heavy atom. The van der Waals surface area contributed by atoms with Crippen LogP contribution in [-0.4, -0.2) is 27.5 Å². The summed E-state index contributed by atoms with van der Waals surface area (Å²) in [5.41, 5.74) is 2.86. The molecule has 6 nitrogen and oxygen atoms in total. The predicted octanol–water partition coefficient (Wildman–Crippen LogP) is 3.51. The van der Waals surface area contributed by atoms with E-state index in [9.17, 15) is 4.79 Å². The maximum atomic E-state index is 12.5. The van der Waals surface area contributed by atoms with E-state index >= 15 is 0 Å². The van der Waals surface area contributed by atoms with E-state index in [-0.39, 0.29) is 5.97 Å². The Bertz CT molecular complexity index is 797. The molecule has 1 aliphatic rings. The standard InChI is InChI=1S/C18H24N4O2S2/c1-3-22-12(9-10-20-22)11-19-18(25)21-16-15(17(23)24-4-2)13-7-5-6-8-14(13)26-16/h9-10H,3-8,11H2,1-2H3,(H2,19,21,25). The van der Waals surface area contributed by atoms with Crippen molar-refractivity contribution in [3.8, 4) is 0 Å². The molecule has 8 heteroatoms. The molecule has 2 N–H and O–H groups in total. The van der Waals surface area contributed by atoms with Gasteiger partial charge in [0.2, 0.25) is 0 Å². The van der Waals surface area contributed by atoms with Crippen LogP contribution in [-0.2, 0) is 30.7 Å². The van der Waals surface area contributed by atoms with Crippen molar-refractivity contribution < 1.29 is 9.53 Å². The number of thiophene rings is 1. The van der Waals surface area contributed by atoms with Gasteiger partial charge in [-0.15, -0.1) is 11.3 Å². The van der Waals surface area contributed by atoms with E-state index in [4.69, 9.17) is 17.0 Å². The first-order valence-electron chi connectivity index (χ1n) is 9.01. The van der Waals surface area contributed by atoms with Crippen LogP contribution in [0.25, 0.3) is 0 Å². The molecule has 2 aromatic heterocycles. The third-order valence-electron chi connectivity index (χ3n) is 4.41. The number of esters is 1. The van der Waals surface area contributed by atoms with Gasteiger partial charge in [0, 0.05) is 17.6 Å². The predicted molar refractivity (Wildman–Crippen MR) is 108 cm³/mol. The molecule has 0 fully saturated rings. The van der Waals surface area contributed by atoms with E-state index in [2.05, 4.69) is 22.7 Å². The molecule has 0 bridgehead atoms. The zero-order valence-electron chi connectivity index (χ0n) is 15.1. The second-order valence-corrected chi connectivity index (χ2v) is 7.59. The van der Waals surface area contributed by atoms with Crippen LogP contribution in [0.4, 0.5) is 5.00 Å². The number of aromatic nitrogens is 2. The summed E-state index contributed by atoms with van der Waals surface area (Å²) >= 11 is 7.06. The molecule has 2 heterocycles. The van der Waals surface area contributed by atoms with E-state index in [1.807, 2.05) is 17.7 Å². The lowest BCUT2D eigenvalue weighted by atomic mass is 9.95. The van der Waals surface area contributed by atoms with Gasteiger partial charge in [-0.1, -0.05) is 0 Å². The molecule has 0 saturated heterocycles. The molecule has 0 atom stereocenters. The van der Waals surface area contributed by atoms with Crippen molar-refractivity contribution in [2.45, 2.75) is 52.6 Å². The highest BCUT2D eigenvalue weighted by Gasteiger charge is 2.26. The number of hydrogen-bond acceptors (Lipinski definition) is 5. The van der Waals surface area contributed by atoms with Crippen LogP contribution < -0.4 is 10.6 Å². The van der Waals surface area contributed by atoms with Crippen molar-refractivity contribution >= 4 is 39.6 Å². The minimum Gasteiger partial charge on any atom is -0.462 e. The fourth-order valence-corrected chi connectivity index (χ4v) is 4.71. The van der Waals surface area contributed by atoms with Gasteiger partial charge in [-0.05, 0) is 63.4 Å². The molecule has 0 spiro atoms. The fourth-order valence-electron chi connectivity index (χ4n) is 3.19. The van der Waals surface area contributed by atoms with Crippen molar-refractivity contribution in [3.05, 3.63) is 34.0 Å². The third-order valence-corrected chi connectivity index (χ3v) is 5.87. The van der Waals surface area contributed by atoms with Crippen LogP contribution in [0.3, 0.4) is 0 Å². The van der Waals surface area contributed by atoms with E-state index in [1.165, 1.54) is 11.3 Å². The number of thiocarbonyl (C=S) groups is 1. The van der Waals surface area contributed by atoms with Crippen molar-refractivity contribution in [3.63, 3.8) is 0 Å². The highest BCUT2D eigenvalue weighted by atomic mass is 32.1. The van der Waals surface area contributed by atoms with Crippen molar-refractivity contribution in [1.82, 2.24) is 15.1 Å². The van der Waals surface area contributed by atoms with Gasteiger partial charge < -0.3 is 15.4 Å². The van der Waals surface area contributed by atoms with Crippen molar-refractivity contribution in [2.24, 2.45) is 0 Å². The van der Waals surface area contributed by atoms with Crippen LogP contribution in [0.15, 0.2) is 12.3 Å². The van der Waals surface area contributed by atoms with Crippen LogP contribution in [0.2, 0.25) is 0 Å². The largest absolute Gasteiger partial charge is 0.462 e. The number of fused-ring (bicyclic) bond motifs is 1. The Morgan fingerprint density at radius 3 is 2.96 bits per heavy atom. The summed E-state index contributed by atoms with van der Waals surface area (Å²) in [6.07, 6.45) is 6.00. The van der Waals surface area contributed by atoms with E-state index < -0.39 is 0 Å². The lowest BCUT2D eigenvalue weighted by Crippen LogP contribution is -2.29. The molecule has 2 aromatic rings. The summed E-state index contributed by atoms with van der Waals surface area (Å²) in [6.45, 7) is 5.64. The highest BCUT2D eigenvalue weighted by Crippen LogP contribution is 2.38. The highest BCUT2D eigenvalue weighted by molar-refractivity contribution is 7.80. The van der Waals surface area contributed by atoms with E-state index in [0.29, 0.717) is 23.8 Å². The Balaban J connectivity index is 1.73. The number of ether oxygens (including phenoxy) is 1. The number of nitrogens with one attached hydrogen (secondary N) is 2. The van der Waals surface area contributed by atoms with Crippen molar-refractivity contribution in [1.29, 1.82) is 0 Å². The average Bonchev–Trinajstić information content (AvgIpc) is 3.23. The monoisotopic (exact) mass is 392 g/mol. The van der Waals surface area contributed by atoms with E-state index in [1.54, 1.807) is 17.5 Å². The van der Waals surface area contributed by atoms with Crippen molar-refractivity contribution in [2.75, 3.05) is 11.9 Å². The number of anilines is 1. The number of aryl methyl sites for hydroxylation is 2. The first-order valence-corrected chi connectivity index (χ1v) is 10.2. The van der Waals surface area contributed by atoms with E-state index in [0.717, 1.165) is 42.1 Å². The SMILES string of the molecule is CCOC(=O)c1c(NC(=S)NCc2ccnn2CC)sc2c1CCCC2. The molecule has 3 rings (SSSR count). The average molecular weight is 393 g/mol. The number of rotatable bonds is 6. The number of carbonyl (C=O) groups is 1. The minimum absolute atomic E-state index is 0.263. The third kappa shape index (κ3) is 4.07. The van der Waals surface area contributed by atoms with Gasteiger partial charge in [0.1, 0.15) is 5.00 Å². The first-order chi connectivity index (χ1) is 12.6. The quantitative estimate of drug-likeness (QED) is 0.579. The molecule has 0 saturated carbocycles. The summed E-state index contributed by atoms with van der Waals surface area (Å²) in [4.78, 5) is 13.7. The number of hydrogen-bond donors (Lipinski definition) is 2. The van der Waals surface area contributed by atoms with Gasteiger partial charge in [0.15, 0.2) is 5.11 Å². The normalized spacial score (nSPS) is 13.2. The molecule has 0 amide bonds. The lowest BCUT2D eigenvalue weighted by Gasteiger charge is -2.13. The molecule has 26 heavy (non-hydrogen) atoms. The Labute approximate surface area is 162 Å². The molecule has 0 unspecified atom stereocenters. The minimum atomic E-state index is -0.263. The maximum absolute atomic E-state index is 12.5. The molecular weight excluding hydrogens is 368 g/mol. The topological polar surface area (TPSA) is 68.2 Å². The second-order valence-electron chi connectivity index (χ2n) is 6.08. The maximum Gasteiger partial charge on any atom is 0.341 e. The molecule has 1 aliphatic carbocycles. The molecule has 0 aliphatic heterocycles. The zero-order valence-corrected chi connectivity index (χ0v) is 16.8. The van der Waals surface area contributed by atoms with Crippen LogP contribution in [0.1, 0.15) is 53.2 Å². The summed E-state index contributed by atoms with van der Waals surface area (Å²) < 4.78 is 7.20. The zero-order chi connectivity index (χ0) is 18.5. The summed E-state index contributed by atoms with van der Waals surface area (Å²) in [7, 11) is 0. The van der Waals surface area contributed by atoms with Gasteiger partial charge in [-0.3, -0.25) is 4.68 Å². The van der Waals surface area contributed by atoms with Gasteiger partial charge in [0.25, 0.3) is 0 Å².